The van der Waals surface area contributed by atoms with Crippen LogP contribution in [0, 0.1) is 38.5 Å². The number of hydrogen-bond acceptors (Lipinski definition) is 2. The first-order valence-electron chi connectivity index (χ1n) is 20.0. The van der Waals surface area contributed by atoms with Crippen LogP contribution < -0.4 is 14.7 Å². The third-order valence-corrected chi connectivity index (χ3v) is 14.3. The van der Waals surface area contributed by atoms with E-state index in [2.05, 4.69) is 105 Å². The van der Waals surface area contributed by atoms with Gasteiger partial charge in [0, 0.05) is 5.56 Å². The van der Waals surface area contributed by atoms with Gasteiger partial charge in [-0.05, 0) is 87.8 Å². The Labute approximate surface area is 298 Å². The lowest BCUT2D eigenvalue weighted by Gasteiger charge is -2.38. The number of benzene rings is 2. The van der Waals surface area contributed by atoms with Crippen LogP contribution in [-0.2, 0) is 6.42 Å². The maximum Gasteiger partial charge on any atom is 0.133 e. The molecule has 3 atom stereocenters. The quantitative estimate of drug-likeness (QED) is 0.0703. The highest BCUT2D eigenvalue weighted by Crippen LogP contribution is 2.45. The first-order chi connectivity index (χ1) is 22.8. The highest BCUT2D eigenvalue weighted by molar-refractivity contribution is 6.93. The molecule has 0 aromatic heterocycles. The number of ether oxygens (including phenoxy) is 2. The molecule has 0 fully saturated rings. The third-order valence-electron chi connectivity index (χ3n) is 11.5. The standard InChI is InChI=1S/C45H74O2Si/c1-35(2)23-15-11-16-24-36(3)25-17-12-18-26-37(4)27-19-14-22-31-45(8)32-30-42-40(7)43(38(5)39(6)44(42)47-45)46-33-34-48(9,10)41-28-20-13-21-29-41/h13,20-21,28-29,33-37H,11-12,14-19,22-27,30-32H2,1-10H3/b34-33+/t36?,37?,45-/m0/s1. The molecule has 2 nitrogen and oxygen atoms in total. The molecule has 0 saturated carbocycles. The molecule has 0 radical (unpaired) electrons. The molecule has 3 rings (SSSR count). The lowest BCUT2D eigenvalue weighted by atomic mass is 9.84. The zero-order chi connectivity index (χ0) is 35.2. The summed E-state index contributed by atoms with van der Waals surface area (Å²) in [7, 11) is -1.71. The predicted molar refractivity (Wildman–Crippen MR) is 214 cm³/mol. The average molecular weight is 675 g/mol. The molecule has 0 aliphatic carbocycles. The minimum Gasteiger partial charge on any atom is -0.487 e. The summed E-state index contributed by atoms with van der Waals surface area (Å²) in [4.78, 5) is 0. The molecule has 0 N–H and O–H groups in total. The van der Waals surface area contributed by atoms with Crippen LogP contribution >= 0.6 is 0 Å². The van der Waals surface area contributed by atoms with E-state index in [9.17, 15) is 0 Å². The first kappa shape index (κ1) is 40.4. The van der Waals surface area contributed by atoms with E-state index >= 15 is 0 Å². The van der Waals surface area contributed by atoms with Crippen molar-refractivity contribution >= 4 is 13.3 Å². The Morgan fingerprint density at radius 2 is 1.27 bits per heavy atom. The third kappa shape index (κ3) is 13.0. The number of unbranched alkanes of at least 4 members (excludes halogenated alkanes) is 6. The summed E-state index contributed by atoms with van der Waals surface area (Å²) in [6.45, 7) is 23.4. The van der Waals surface area contributed by atoms with Crippen molar-refractivity contribution in [2.24, 2.45) is 17.8 Å². The number of hydrogen-bond donors (Lipinski definition) is 0. The summed E-state index contributed by atoms with van der Waals surface area (Å²) in [5.41, 5.74) is 7.28. The van der Waals surface area contributed by atoms with E-state index in [-0.39, 0.29) is 5.60 Å². The molecule has 1 heterocycles. The van der Waals surface area contributed by atoms with Crippen LogP contribution in [0.25, 0.3) is 0 Å². The maximum atomic E-state index is 6.88. The molecule has 1 aliphatic rings. The molecule has 0 saturated heterocycles. The minimum atomic E-state index is -1.71. The van der Waals surface area contributed by atoms with Gasteiger partial charge < -0.3 is 9.47 Å². The van der Waals surface area contributed by atoms with E-state index in [1.54, 1.807) is 0 Å². The van der Waals surface area contributed by atoms with Gasteiger partial charge in [-0.1, -0.05) is 165 Å². The summed E-state index contributed by atoms with van der Waals surface area (Å²) in [6.07, 6.45) is 24.8. The molecule has 2 aromatic carbocycles. The molecule has 2 unspecified atom stereocenters. The summed E-state index contributed by atoms with van der Waals surface area (Å²) in [5.74, 6) is 4.78. The zero-order valence-electron chi connectivity index (χ0n) is 33.1. The Kier molecular flexibility index (Phi) is 16.8. The molecule has 0 amide bonds. The van der Waals surface area contributed by atoms with Gasteiger partial charge in [0.25, 0.3) is 0 Å². The molecular weight excluding hydrogens is 601 g/mol. The Bertz CT molecular complexity index is 1250. The van der Waals surface area contributed by atoms with E-state index in [1.165, 1.54) is 117 Å². The summed E-state index contributed by atoms with van der Waals surface area (Å²) < 4.78 is 13.3. The highest BCUT2D eigenvalue weighted by Gasteiger charge is 2.34. The molecule has 1 aliphatic heterocycles. The molecule has 0 bridgehead atoms. The first-order valence-corrected chi connectivity index (χ1v) is 23.1. The fourth-order valence-electron chi connectivity index (χ4n) is 7.71. The fraction of sp³-hybridized carbons (Fsp3) is 0.689. The van der Waals surface area contributed by atoms with E-state index in [0.717, 1.165) is 48.5 Å². The number of fused-ring (bicyclic) bond motifs is 1. The van der Waals surface area contributed by atoms with Crippen LogP contribution in [0.4, 0.5) is 0 Å². The normalized spacial score (nSPS) is 17.8. The zero-order valence-corrected chi connectivity index (χ0v) is 34.1. The van der Waals surface area contributed by atoms with E-state index < -0.39 is 8.07 Å². The highest BCUT2D eigenvalue weighted by atomic mass is 28.3. The topological polar surface area (TPSA) is 18.5 Å². The monoisotopic (exact) mass is 675 g/mol. The molecule has 2 aromatic rings. The van der Waals surface area contributed by atoms with Crippen molar-refractivity contribution in [2.45, 2.75) is 183 Å². The average Bonchev–Trinajstić information content (AvgIpc) is 3.05. The van der Waals surface area contributed by atoms with Crippen LogP contribution in [-0.4, -0.2) is 13.7 Å². The van der Waals surface area contributed by atoms with Gasteiger partial charge in [-0.25, -0.2) is 0 Å². The maximum absolute atomic E-state index is 6.88. The van der Waals surface area contributed by atoms with Gasteiger partial charge in [-0.3, -0.25) is 0 Å². The Hall–Kier alpha value is -2.00. The largest absolute Gasteiger partial charge is 0.487 e. The van der Waals surface area contributed by atoms with Gasteiger partial charge in [-0.2, -0.15) is 0 Å². The van der Waals surface area contributed by atoms with Crippen molar-refractivity contribution in [3.63, 3.8) is 0 Å². The molecule has 0 spiro atoms. The second-order valence-corrected chi connectivity index (χ2v) is 21.4. The second-order valence-electron chi connectivity index (χ2n) is 17.1. The van der Waals surface area contributed by atoms with Crippen LogP contribution in [0.3, 0.4) is 0 Å². The molecule has 48 heavy (non-hydrogen) atoms. The van der Waals surface area contributed by atoms with Crippen molar-refractivity contribution in [3.05, 3.63) is 64.5 Å². The van der Waals surface area contributed by atoms with Crippen molar-refractivity contribution in [1.82, 2.24) is 0 Å². The Balaban J connectivity index is 1.35. The van der Waals surface area contributed by atoms with Gasteiger partial charge in [0.2, 0.25) is 0 Å². The minimum absolute atomic E-state index is 0.0684. The number of rotatable bonds is 22. The van der Waals surface area contributed by atoms with Crippen LogP contribution in [0.2, 0.25) is 13.1 Å². The molecular formula is C45H74O2Si. The summed E-state index contributed by atoms with van der Waals surface area (Å²) >= 11 is 0. The molecule has 270 valence electrons. The van der Waals surface area contributed by atoms with Crippen LogP contribution in [0.1, 0.15) is 160 Å². The fourth-order valence-corrected chi connectivity index (χ4v) is 9.36. The lowest BCUT2D eigenvalue weighted by molar-refractivity contribution is 0.0521. The van der Waals surface area contributed by atoms with Crippen LogP contribution in [0.5, 0.6) is 11.5 Å². The van der Waals surface area contributed by atoms with Gasteiger partial charge >= 0.3 is 0 Å². The second kappa shape index (κ2) is 20.0. The SMILES string of the molecule is Cc1c(C)c2c(c(C)c1O/C=C/[Si](C)(C)c1ccccc1)CC[C@](C)(CCCCCC(C)CCCCCC(C)CCCCCC(C)C)O2. The van der Waals surface area contributed by atoms with Crippen molar-refractivity contribution in [1.29, 1.82) is 0 Å². The lowest BCUT2D eigenvalue weighted by Crippen LogP contribution is -2.39. The van der Waals surface area contributed by atoms with Gasteiger partial charge in [-0.15, -0.1) is 0 Å². The Morgan fingerprint density at radius 3 is 1.83 bits per heavy atom. The van der Waals surface area contributed by atoms with Gasteiger partial charge in [0.15, 0.2) is 0 Å². The van der Waals surface area contributed by atoms with Crippen molar-refractivity contribution in [2.75, 3.05) is 0 Å². The predicted octanol–water partition coefficient (Wildman–Crippen LogP) is 13.5. The van der Waals surface area contributed by atoms with E-state index in [0.29, 0.717) is 0 Å². The smallest absolute Gasteiger partial charge is 0.133 e. The summed E-state index contributed by atoms with van der Waals surface area (Å²) in [5, 5.41) is 1.42. The van der Waals surface area contributed by atoms with Crippen molar-refractivity contribution < 1.29 is 9.47 Å². The van der Waals surface area contributed by atoms with E-state index in [1.807, 2.05) is 6.26 Å². The van der Waals surface area contributed by atoms with Gasteiger partial charge in [0.1, 0.15) is 25.2 Å². The Morgan fingerprint density at radius 1 is 0.729 bits per heavy atom. The van der Waals surface area contributed by atoms with Crippen LogP contribution in [0.15, 0.2) is 42.3 Å². The van der Waals surface area contributed by atoms with E-state index in [4.69, 9.17) is 9.47 Å². The molecule has 3 heteroatoms. The van der Waals surface area contributed by atoms with Crippen molar-refractivity contribution in [3.8, 4) is 11.5 Å². The van der Waals surface area contributed by atoms with Gasteiger partial charge in [0.05, 0.1) is 6.26 Å². The summed E-state index contributed by atoms with van der Waals surface area (Å²) in [6, 6.07) is 10.8.